The fourth-order valence-corrected chi connectivity index (χ4v) is 3.67. The molecule has 0 radical (unpaired) electrons. The van der Waals surface area contributed by atoms with Crippen molar-refractivity contribution < 1.29 is 19.4 Å². The number of carbonyl (C=O) groups is 1. The molecule has 0 aromatic heterocycles. The number of amides is 2. The smallest absolute Gasteiger partial charge is 0.319 e. The Morgan fingerprint density at radius 1 is 1.30 bits per heavy atom. The monoisotopic (exact) mass is 433 g/mol. The van der Waals surface area contributed by atoms with Crippen molar-refractivity contribution in [2.24, 2.45) is 5.73 Å². The standard InChI is InChI=1S/C22H28ClN3O4/c1-2-26(22(24)28)20-5-3-4-6-21(20)29-15-17(27)13-25-12-11-19(14-25)30-18-9-7-16(23)8-10-18/h3-10,17,19,27H,2,11-15H2,1H3,(H2,24,28). The van der Waals surface area contributed by atoms with Crippen LogP contribution in [-0.2, 0) is 0 Å². The number of ether oxygens (including phenoxy) is 2. The Kier molecular flexibility index (Phi) is 7.79. The van der Waals surface area contributed by atoms with E-state index in [1.807, 2.05) is 31.2 Å². The van der Waals surface area contributed by atoms with Gasteiger partial charge in [0, 0.05) is 31.2 Å². The fraction of sp³-hybridized carbons (Fsp3) is 0.409. The highest BCUT2D eigenvalue weighted by molar-refractivity contribution is 6.30. The summed E-state index contributed by atoms with van der Waals surface area (Å²) in [5, 5.41) is 11.1. The topological polar surface area (TPSA) is 88.3 Å². The lowest BCUT2D eigenvalue weighted by molar-refractivity contribution is 0.0722. The number of urea groups is 1. The molecule has 8 heteroatoms. The Hall–Kier alpha value is -2.48. The summed E-state index contributed by atoms with van der Waals surface area (Å²) in [4.78, 5) is 15.2. The highest BCUT2D eigenvalue weighted by Crippen LogP contribution is 2.28. The number of aliphatic hydroxyl groups excluding tert-OH is 1. The first-order valence-corrected chi connectivity index (χ1v) is 10.5. The van der Waals surface area contributed by atoms with Gasteiger partial charge in [-0.15, -0.1) is 0 Å². The van der Waals surface area contributed by atoms with Gasteiger partial charge in [-0.2, -0.15) is 0 Å². The van der Waals surface area contributed by atoms with E-state index in [4.69, 9.17) is 26.8 Å². The van der Waals surface area contributed by atoms with Gasteiger partial charge in [0.15, 0.2) is 0 Å². The Morgan fingerprint density at radius 2 is 2.03 bits per heavy atom. The highest BCUT2D eigenvalue weighted by atomic mass is 35.5. The van der Waals surface area contributed by atoms with Gasteiger partial charge in [-0.25, -0.2) is 4.79 Å². The molecule has 2 aromatic rings. The molecule has 2 aromatic carbocycles. The maximum absolute atomic E-state index is 11.6. The zero-order valence-electron chi connectivity index (χ0n) is 17.0. The minimum Gasteiger partial charge on any atom is -0.489 e. The van der Waals surface area contributed by atoms with E-state index in [1.165, 1.54) is 4.90 Å². The maximum Gasteiger partial charge on any atom is 0.319 e. The van der Waals surface area contributed by atoms with Gasteiger partial charge in [-0.1, -0.05) is 23.7 Å². The Balaban J connectivity index is 1.48. The molecule has 30 heavy (non-hydrogen) atoms. The largest absolute Gasteiger partial charge is 0.489 e. The third-order valence-corrected chi connectivity index (χ3v) is 5.24. The number of anilines is 1. The lowest BCUT2D eigenvalue weighted by atomic mass is 10.2. The van der Waals surface area contributed by atoms with Crippen LogP contribution in [0.3, 0.4) is 0 Å². The number of rotatable bonds is 9. The lowest BCUT2D eigenvalue weighted by Gasteiger charge is -2.23. The van der Waals surface area contributed by atoms with E-state index in [1.54, 1.807) is 24.3 Å². The second-order valence-corrected chi connectivity index (χ2v) is 7.69. The van der Waals surface area contributed by atoms with E-state index >= 15 is 0 Å². The van der Waals surface area contributed by atoms with Crippen LogP contribution in [0.15, 0.2) is 48.5 Å². The van der Waals surface area contributed by atoms with Crippen molar-refractivity contribution in [3.05, 3.63) is 53.6 Å². The number of likely N-dealkylation sites (tertiary alicyclic amines) is 1. The number of nitrogens with zero attached hydrogens (tertiary/aromatic N) is 2. The van der Waals surface area contributed by atoms with Gasteiger partial charge in [0.1, 0.15) is 30.3 Å². The molecule has 2 unspecified atom stereocenters. The highest BCUT2D eigenvalue weighted by Gasteiger charge is 2.26. The lowest BCUT2D eigenvalue weighted by Crippen LogP contribution is -2.37. The molecule has 1 saturated heterocycles. The van der Waals surface area contributed by atoms with Crippen molar-refractivity contribution >= 4 is 23.3 Å². The van der Waals surface area contributed by atoms with Crippen molar-refractivity contribution in [3.8, 4) is 11.5 Å². The number of nitrogens with two attached hydrogens (primary N) is 1. The fourth-order valence-electron chi connectivity index (χ4n) is 3.55. The van der Waals surface area contributed by atoms with Crippen LogP contribution in [0.25, 0.3) is 0 Å². The van der Waals surface area contributed by atoms with E-state index in [-0.39, 0.29) is 12.7 Å². The normalized spacial score (nSPS) is 17.5. The third kappa shape index (κ3) is 6.01. The number of carbonyl (C=O) groups excluding carboxylic acids is 1. The summed E-state index contributed by atoms with van der Waals surface area (Å²) in [5.74, 6) is 1.31. The molecule has 0 spiro atoms. The molecule has 3 N–H and O–H groups in total. The molecule has 1 aliphatic heterocycles. The van der Waals surface area contributed by atoms with Crippen LogP contribution < -0.4 is 20.1 Å². The zero-order chi connectivity index (χ0) is 21.5. The first kappa shape index (κ1) is 22.2. The number of β-amino-alcohol motifs (C(OH)–C–C–N with tert-alkyl or cyclic N) is 1. The van der Waals surface area contributed by atoms with Crippen LogP contribution in [0.4, 0.5) is 10.5 Å². The average Bonchev–Trinajstić information content (AvgIpc) is 3.16. The van der Waals surface area contributed by atoms with E-state index in [0.29, 0.717) is 29.5 Å². The van der Waals surface area contributed by atoms with E-state index in [9.17, 15) is 9.90 Å². The van der Waals surface area contributed by atoms with Crippen LogP contribution >= 0.6 is 11.6 Å². The Labute approximate surface area is 181 Å². The summed E-state index contributed by atoms with van der Waals surface area (Å²) in [6, 6.07) is 14.0. The molecule has 3 rings (SSSR count). The molecular formula is C22H28ClN3O4. The molecule has 0 saturated carbocycles. The van der Waals surface area contributed by atoms with E-state index < -0.39 is 12.1 Å². The number of hydrogen-bond donors (Lipinski definition) is 2. The SMILES string of the molecule is CCN(C(N)=O)c1ccccc1OCC(O)CN1CCC(Oc2ccc(Cl)cc2)C1. The van der Waals surface area contributed by atoms with Crippen LogP contribution in [-0.4, -0.2) is 61.0 Å². The molecule has 0 aliphatic carbocycles. The Morgan fingerprint density at radius 3 is 2.73 bits per heavy atom. The summed E-state index contributed by atoms with van der Waals surface area (Å²) >= 11 is 5.90. The zero-order valence-corrected chi connectivity index (χ0v) is 17.8. The predicted molar refractivity (Wildman–Crippen MR) is 117 cm³/mol. The Bertz CT molecular complexity index is 833. The van der Waals surface area contributed by atoms with Gasteiger partial charge in [0.25, 0.3) is 0 Å². The second kappa shape index (κ2) is 10.5. The molecule has 2 atom stereocenters. The molecule has 2 amide bonds. The third-order valence-electron chi connectivity index (χ3n) is 4.98. The van der Waals surface area contributed by atoms with Gasteiger partial charge in [0.05, 0.1) is 5.69 Å². The quantitative estimate of drug-likeness (QED) is 0.634. The molecule has 7 nitrogen and oxygen atoms in total. The van der Waals surface area contributed by atoms with Crippen molar-refractivity contribution in [1.82, 2.24) is 4.90 Å². The second-order valence-electron chi connectivity index (χ2n) is 7.26. The number of benzene rings is 2. The van der Waals surface area contributed by atoms with Gasteiger partial charge in [0.2, 0.25) is 0 Å². The number of hydrogen-bond acceptors (Lipinski definition) is 5. The van der Waals surface area contributed by atoms with Crippen molar-refractivity contribution in [2.75, 3.05) is 37.7 Å². The van der Waals surface area contributed by atoms with Gasteiger partial charge < -0.3 is 20.3 Å². The predicted octanol–water partition coefficient (Wildman–Crippen LogP) is 3.14. The molecule has 162 valence electrons. The first-order chi connectivity index (χ1) is 14.5. The molecule has 1 fully saturated rings. The maximum atomic E-state index is 11.6. The molecule has 0 bridgehead atoms. The number of para-hydroxylation sites is 2. The summed E-state index contributed by atoms with van der Waals surface area (Å²) in [6.07, 6.45) is 0.299. The minimum atomic E-state index is -0.670. The van der Waals surface area contributed by atoms with Gasteiger partial charge >= 0.3 is 6.03 Å². The van der Waals surface area contributed by atoms with Crippen molar-refractivity contribution in [1.29, 1.82) is 0 Å². The summed E-state index contributed by atoms with van der Waals surface area (Å²) < 4.78 is 11.8. The van der Waals surface area contributed by atoms with Crippen LogP contribution in [0.1, 0.15) is 13.3 Å². The van der Waals surface area contributed by atoms with Gasteiger partial charge in [-0.05, 0) is 49.7 Å². The summed E-state index contributed by atoms with van der Waals surface area (Å²) in [6.45, 7) is 4.45. The molecular weight excluding hydrogens is 406 g/mol. The van der Waals surface area contributed by atoms with Crippen LogP contribution in [0.2, 0.25) is 5.02 Å². The van der Waals surface area contributed by atoms with Crippen LogP contribution in [0, 0.1) is 0 Å². The number of primary amides is 1. The van der Waals surface area contributed by atoms with Crippen molar-refractivity contribution in [2.45, 2.75) is 25.6 Å². The van der Waals surface area contributed by atoms with E-state index in [2.05, 4.69) is 4.90 Å². The minimum absolute atomic E-state index is 0.0775. The van der Waals surface area contributed by atoms with Gasteiger partial charge in [-0.3, -0.25) is 9.80 Å². The number of aliphatic hydroxyl groups is 1. The first-order valence-electron chi connectivity index (χ1n) is 10.1. The summed E-state index contributed by atoms with van der Waals surface area (Å²) in [5.41, 5.74) is 6.04. The number of halogens is 1. The van der Waals surface area contributed by atoms with Crippen molar-refractivity contribution in [3.63, 3.8) is 0 Å². The van der Waals surface area contributed by atoms with E-state index in [0.717, 1.165) is 25.3 Å². The molecule has 1 aliphatic rings. The average molecular weight is 434 g/mol. The molecule has 1 heterocycles. The van der Waals surface area contributed by atoms with Crippen LogP contribution in [0.5, 0.6) is 11.5 Å². The summed E-state index contributed by atoms with van der Waals surface area (Å²) in [7, 11) is 0.